The van der Waals surface area contributed by atoms with Crippen molar-refractivity contribution in [2.75, 3.05) is 24.7 Å². The molecule has 0 aliphatic carbocycles. The SMILES string of the molecule is CSc1sc(NC(=O)[C@@H]2CCCN(C(N)=O)C2)nc1C. The summed E-state index contributed by atoms with van der Waals surface area (Å²) in [6.45, 7) is 2.94. The van der Waals surface area contributed by atoms with Crippen LogP contribution in [-0.2, 0) is 4.79 Å². The van der Waals surface area contributed by atoms with Crippen LogP contribution in [0.4, 0.5) is 9.93 Å². The van der Waals surface area contributed by atoms with Crippen molar-refractivity contribution in [3.63, 3.8) is 0 Å². The number of nitrogens with zero attached hydrogens (tertiary/aromatic N) is 2. The van der Waals surface area contributed by atoms with Gasteiger partial charge in [-0.15, -0.1) is 11.8 Å². The maximum absolute atomic E-state index is 12.2. The highest BCUT2D eigenvalue weighted by Gasteiger charge is 2.28. The molecule has 2 heterocycles. The van der Waals surface area contributed by atoms with Gasteiger partial charge in [0.2, 0.25) is 5.91 Å². The smallest absolute Gasteiger partial charge is 0.314 e. The number of nitrogens with two attached hydrogens (primary N) is 1. The van der Waals surface area contributed by atoms with Crippen LogP contribution in [0.15, 0.2) is 4.21 Å². The van der Waals surface area contributed by atoms with Crippen molar-refractivity contribution in [1.29, 1.82) is 0 Å². The predicted molar refractivity (Wildman–Crippen MR) is 81.1 cm³/mol. The first-order valence-corrected chi connectivity index (χ1v) is 8.42. The van der Waals surface area contributed by atoms with E-state index in [9.17, 15) is 9.59 Å². The summed E-state index contributed by atoms with van der Waals surface area (Å²) in [6, 6.07) is -0.461. The average Bonchev–Trinajstić information content (AvgIpc) is 2.78. The summed E-state index contributed by atoms with van der Waals surface area (Å²) in [6.07, 6.45) is 3.56. The molecule has 1 aromatic heterocycles. The Balaban J connectivity index is 1.98. The fourth-order valence-corrected chi connectivity index (χ4v) is 3.84. The van der Waals surface area contributed by atoms with Crippen LogP contribution in [0.5, 0.6) is 0 Å². The van der Waals surface area contributed by atoms with Crippen LogP contribution in [0, 0.1) is 12.8 Å². The standard InChI is InChI=1S/C12H18N4O2S2/c1-7-10(19-2)20-12(14-7)15-9(17)8-4-3-5-16(6-8)11(13)18/h8H,3-6H2,1-2H3,(H2,13,18)(H,14,15,17)/t8-/m1/s1. The van der Waals surface area contributed by atoms with Gasteiger partial charge in [-0.3, -0.25) is 4.79 Å². The Labute approximate surface area is 126 Å². The summed E-state index contributed by atoms with van der Waals surface area (Å²) >= 11 is 3.09. The molecule has 0 radical (unpaired) electrons. The Morgan fingerprint density at radius 3 is 2.90 bits per heavy atom. The van der Waals surface area contributed by atoms with Crippen LogP contribution in [0.1, 0.15) is 18.5 Å². The number of thioether (sulfide) groups is 1. The van der Waals surface area contributed by atoms with E-state index in [0.29, 0.717) is 18.2 Å². The van der Waals surface area contributed by atoms with Crippen LogP contribution < -0.4 is 11.1 Å². The third-order valence-electron chi connectivity index (χ3n) is 3.27. The number of hydrogen-bond acceptors (Lipinski definition) is 5. The molecule has 0 aromatic carbocycles. The maximum atomic E-state index is 12.2. The zero-order valence-corrected chi connectivity index (χ0v) is 13.1. The summed E-state index contributed by atoms with van der Waals surface area (Å²) in [5, 5.41) is 3.46. The van der Waals surface area contributed by atoms with E-state index in [4.69, 9.17) is 5.73 Å². The summed E-state index contributed by atoms with van der Waals surface area (Å²) in [4.78, 5) is 29.2. The minimum absolute atomic E-state index is 0.0858. The second-order valence-electron chi connectivity index (χ2n) is 4.71. The number of likely N-dealkylation sites (tertiary alicyclic amines) is 1. The van der Waals surface area contributed by atoms with E-state index in [-0.39, 0.29) is 11.8 Å². The second-order valence-corrected chi connectivity index (χ2v) is 6.78. The number of urea groups is 1. The summed E-state index contributed by atoms with van der Waals surface area (Å²) < 4.78 is 1.10. The lowest BCUT2D eigenvalue weighted by Crippen LogP contribution is -2.46. The monoisotopic (exact) mass is 314 g/mol. The Bertz CT molecular complexity index is 518. The molecular formula is C12H18N4O2S2. The van der Waals surface area contributed by atoms with Crippen molar-refractivity contribution in [1.82, 2.24) is 9.88 Å². The molecule has 6 nitrogen and oxygen atoms in total. The highest BCUT2D eigenvalue weighted by molar-refractivity contribution is 8.00. The van der Waals surface area contributed by atoms with Crippen molar-refractivity contribution >= 4 is 40.2 Å². The van der Waals surface area contributed by atoms with Crippen LogP contribution in [0.3, 0.4) is 0 Å². The number of anilines is 1. The van der Waals surface area contributed by atoms with Gasteiger partial charge < -0.3 is 16.0 Å². The number of aryl methyl sites for hydroxylation is 1. The van der Waals surface area contributed by atoms with E-state index in [1.54, 1.807) is 11.8 Å². The summed E-state index contributed by atoms with van der Waals surface area (Å²) in [5.41, 5.74) is 6.20. The van der Waals surface area contributed by atoms with E-state index in [0.717, 1.165) is 22.7 Å². The lowest BCUT2D eigenvalue weighted by molar-refractivity contribution is -0.121. The Morgan fingerprint density at radius 2 is 2.30 bits per heavy atom. The van der Waals surface area contributed by atoms with Gasteiger partial charge in [0, 0.05) is 13.1 Å². The highest BCUT2D eigenvalue weighted by atomic mass is 32.2. The third-order valence-corrected chi connectivity index (χ3v) is 5.56. The van der Waals surface area contributed by atoms with Crippen molar-refractivity contribution in [3.05, 3.63) is 5.69 Å². The molecule has 0 bridgehead atoms. The zero-order chi connectivity index (χ0) is 14.7. The molecule has 1 aliphatic rings. The highest BCUT2D eigenvalue weighted by Crippen LogP contribution is 2.30. The Kier molecular flexibility index (Phi) is 4.87. The molecule has 3 amide bonds. The molecule has 20 heavy (non-hydrogen) atoms. The number of amides is 3. The van der Waals surface area contributed by atoms with Gasteiger partial charge in [0.15, 0.2) is 5.13 Å². The van der Waals surface area contributed by atoms with Crippen LogP contribution >= 0.6 is 23.1 Å². The molecular weight excluding hydrogens is 296 g/mol. The number of aromatic nitrogens is 1. The zero-order valence-electron chi connectivity index (χ0n) is 11.5. The lowest BCUT2D eigenvalue weighted by atomic mass is 9.97. The van der Waals surface area contributed by atoms with E-state index in [1.165, 1.54) is 16.2 Å². The predicted octanol–water partition coefficient (Wildman–Crippen LogP) is 1.90. The number of hydrogen-bond donors (Lipinski definition) is 2. The first-order valence-electron chi connectivity index (χ1n) is 6.38. The quantitative estimate of drug-likeness (QED) is 0.834. The van der Waals surface area contributed by atoms with E-state index < -0.39 is 6.03 Å². The summed E-state index contributed by atoms with van der Waals surface area (Å²) in [5.74, 6) is -0.296. The average molecular weight is 314 g/mol. The number of thiazole rings is 1. The van der Waals surface area contributed by atoms with Gasteiger partial charge in [-0.05, 0) is 26.0 Å². The first-order chi connectivity index (χ1) is 9.51. The number of carbonyl (C=O) groups excluding carboxylic acids is 2. The molecule has 110 valence electrons. The van der Waals surface area contributed by atoms with Crippen molar-refractivity contribution < 1.29 is 9.59 Å². The minimum Gasteiger partial charge on any atom is -0.351 e. The molecule has 0 spiro atoms. The van der Waals surface area contributed by atoms with E-state index >= 15 is 0 Å². The third kappa shape index (κ3) is 3.43. The van der Waals surface area contributed by atoms with Crippen molar-refractivity contribution in [2.45, 2.75) is 24.0 Å². The number of carbonyl (C=O) groups is 2. The Hall–Kier alpha value is -1.28. The van der Waals surface area contributed by atoms with Gasteiger partial charge in [0.25, 0.3) is 0 Å². The van der Waals surface area contributed by atoms with Crippen LogP contribution in [0.2, 0.25) is 0 Å². The van der Waals surface area contributed by atoms with Gasteiger partial charge in [0.1, 0.15) is 0 Å². The van der Waals surface area contributed by atoms with Crippen LogP contribution in [0.25, 0.3) is 0 Å². The molecule has 0 unspecified atom stereocenters. The van der Waals surface area contributed by atoms with Crippen molar-refractivity contribution in [2.24, 2.45) is 11.7 Å². The second kappa shape index (κ2) is 6.45. The van der Waals surface area contributed by atoms with Gasteiger partial charge >= 0.3 is 6.03 Å². The molecule has 1 atom stereocenters. The Morgan fingerprint density at radius 1 is 1.55 bits per heavy atom. The molecule has 3 N–H and O–H groups in total. The molecule has 1 fully saturated rings. The number of nitrogens with one attached hydrogen (secondary N) is 1. The molecule has 1 aliphatic heterocycles. The van der Waals surface area contributed by atoms with Crippen molar-refractivity contribution in [3.8, 4) is 0 Å². The fourth-order valence-electron chi connectivity index (χ4n) is 2.22. The molecule has 8 heteroatoms. The van der Waals surface area contributed by atoms with Gasteiger partial charge in [-0.25, -0.2) is 9.78 Å². The van der Waals surface area contributed by atoms with Gasteiger partial charge in [-0.1, -0.05) is 11.3 Å². The number of primary amides is 1. The fraction of sp³-hybridized carbons (Fsp3) is 0.583. The lowest BCUT2D eigenvalue weighted by Gasteiger charge is -2.30. The minimum atomic E-state index is -0.461. The van der Waals surface area contributed by atoms with Crippen LogP contribution in [-0.4, -0.2) is 41.2 Å². The maximum Gasteiger partial charge on any atom is 0.314 e. The van der Waals surface area contributed by atoms with Gasteiger partial charge in [0.05, 0.1) is 15.8 Å². The van der Waals surface area contributed by atoms with E-state index in [2.05, 4.69) is 10.3 Å². The topological polar surface area (TPSA) is 88.3 Å². The molecule has 1 aromatic rings. The molecule has 2 rings (SSSR count). The summed E-state index contributed by atoms with van der Waals surface area (Å²) in [7, 11) is 0. The molecule has 1 saturated heterocycles. The number of rotatable bonds is 3. The normalized spacial score (nSPS) is 18.9. The largest absolute Gasteiger partial charge is 0.351 e. The first kappa shape index (κ1) is 15.1. The van der Waals surface area contributed by atoms with Gasteiger partial charge in [-0.2, -0.15) is 0 Å². The number of piperidine rings is 1. The molecule has 0 saturated carbocycles. The van der Waals surface area contributed by atoms with E-state index in [1.807, 2.05) is 13.2 Å².